The summed E-state index contributed by atoms with van der Waals surface area (Å²) in [4.78, 5) is 28.6. The SMILES string of the molecule is CC1CCCN(C(=O)CCCNC(=O)N2CCC3CCCCC3C2)C1. The second kappa shape index (κ2) is 8.91. The van der Waals surface area contributed by atoms with Crippen molar-refractivity contribution in [3.8, 4) is 0 Å². The molecule has 3 amide bonds. The van der Waals surface area contributed by atoms with Crippen LogP contribution in [0, 0.1) is 17.8 Å². The van der Waals surface area contributed by atoms with E-state index >= 15 is 0 Å². The zero-order valence-electron chi connectivity index (χ0n) is 15.8. The summed E-state index contributed by atoms with van der Waals surface area (Å²) in [6.07, 6.45) is 10.2. The zero-order chi connectivity index (χ0) is 17.6. The van der Waals surface area contributed by atoms with Gasteiger partial charge >= 0.3 is 6.03 Å². The highest BCUT2D eigenvalue weighted by Gasteiger charge is 2.32. The van der Waals surface area contributed by atoms with Gasteiger partial charge in [-0.2, -0.15) is 0 Å². The third kappa shape index (κ3) is 5.11. The average Bonchev–Trinajstić information content (AvgIpc) is 2.64. The molecule has 2 heterocycles. The first-order chi connectivity index (χ1) is 12.1. The number of likely N-dealkylation sites (tertiary alicyclic amines) is 2. The number of rotatable bonds is 4. The third-order valence-electron chi connectivity index (χ3n) is 6.43. The summed E-state index contributed by atoms with van der Waals surface area (Å²) in [5.74, 6) is 2.45. The molecule has 2 aliphatic heterocycles. The zero-order valence-corrected chi connectivity index (χ0v) is 15.8. The van der Waals surface area contributed by atoms with E-state index in [9.17, 15) is 9.59 Å². The lowest BCUT2D eigenvalue weighted by atomic mass is 9.75. The second-order valence-electron chi connectivity index (χ2n) is 8.46. The molecule has 25 heavy (non-hydrogen) atoms. The summed E-state index contributed by atoms with van der Waals surface area (Å²) >= 11 is 0. The number of urea groups is 1. The number of nitrogens with one attached hydrogen (secondary N) is 1. The predicted molar refractivity (Wildman–Crippen MR) is 99.2 cm³/mol. The Kier molecular flexibility index (Phi) is 6.60. The maximum absolute atomic E-state index is 12.4. The molecule has 142 valence electrons. The predicted octanol–water partition coefficient (Wildman–Crippen LogP) is 3.25. The van der Waals surface area contributed by atoms with E-state index in [2.05, 4.69) is 12.2 Å². The minimum Gasteiger partial charge on any atom is -0.342 e. The van der Waals surface area contributed by atoms with Gasteiger partial charge in [0.25, 0.3) is 0 Å². The van der Waals surface area contributed by atoms with Crippen molar-refractivity contribution >= 4 is 11.9 Å². The van der Waals surface area contributed by atoms with Crippen molar-refractivity contribution in [2.45, 2.75) is 64.7 Å². The normalized spacial score (nSPS) is 29.9. The van der Waals surface area contributed by atoms with E-state index < -0.39 is 0 Å². The number of carbonyl (C=O) groups is 2. The summed E-state index contributed by atoms with van der Waals surface area (Å²) < 4.78 is 0. The molecule has 5 heteroatoms. The highest BCUT2D eigenvalue weighted by molar-refractivity contribution is 5.76. The Morgan fingerprint density at radius 1 is 0.920 bits per heavy atom. The van der Waals surface area contributed by atoms with Crippen molar-refractivity contribution in [2.75, 3.05) is 32.7 Å². The van der Waals surface area contributed by atoms with Crippen molar-refractivity contribution in [3.05, 3.63) is 0 Å². The molecular formula is C20H35N3O2. The monoisotopic (exact) mass is 349 g/mol. The van der Waals surface area contributed by atoms with E-state index in [1.54, 1.807) is 0 Å². The van der Waals surface area contributed by atoms with Gasteiger partial charge in [0.2, 0.25) is 5.91 Å². The fourth-order valence-corrected chi connectivity index (χ4v) is 4.91. The molecule has 1 N–H and O–H groups in total. The summed E-state index contributed by atoms with van der Waals surface area (Å²) in [5.41, 5.74) is 0. The molecule has 0 radical (unpaired) electrons. The standard InChI is InChI=1S/C20H35N3O2/c1-16-6-5-12-22(14-16)19(24)9-4-11-21-20(25)23-13-10-17-7-2-3-8-18(17)15-23/h16-18H,2-15H2,1H3,(H,21,25). The van der Waals surface area contributed by atoms with Gasteiger partial charge in [-0.05, 0) is 49.9 Å². The van der Waals surface area contributed by atoms with E-state index in [0.29, 0.717) is 18.9 Å². The first kappa shape index (κ1) is 18.5. The van der Waals surface area contributed by atoms with Crippen LogP contribution in [0.4, 0.5) is 4.79 Å². The molecule has 3 rings (SSSR count). The van der Waals surface area contributed by atoms with Crippen LogP contribution in [0.15, 0.2) is 0 Å². The van der Waals surface area contributed by atoms with E-state index in [1.165, 1.54) is 38.5 Å². The maximum atomic E-state index is 12.4. The van der Waals surface area contributed by atoms with Gasteiger partial charge in [0.15, 0.2) is 0 Å². The quantitative estimate of drug-likeness (QED) is 0.792. The Morgan fingerprint density at radius 2 is 1.72 bits per heavy atom. The molecule has 3 aliphatic rings. The van der Waals surface area contributed by atoms with Crippen LogP contribution < -0.4 is 5.32 Å². The molecule has 2 saturated heterocycles. The molecule has 1 saturated carbocycles. The fraction of sp³-hybridized carbons (Fsp3) is 0.900. The Balaban J connectivity index is 1.32. The van der Waals surface area contributed by atoms with Crippen molar-refractivity contribution in [2.24, 2.45) is 17.8 Å². The van der Waals surface area contributed by atoms with Crippen LogP contribution in [0.2, 0.25) is 0 Å². The number of fused-ring (bicyclic) bond motifs is 1. The number of piperidine rings is 2. The molecule has 0 aromatic rings. The number of hydrogen-bond donors (Lipinski definition) is 1. The Labute approximate surface area is 152 Å². The third-order valence-corrected chi connectivity index (χ3v) is 6.43. The fourth-order valence-electron chi connectivity index (χ4n) is 4.91. The Hall–Kier alpha value is -1.26. The molecule has 0 bridgehead atoms. The molecule has 3 fully saturated rings. The van der Waals surface area contributed by atoms with Crippen molar-refractivity contribution < 1.29 is 9.59 Å². The molecule has 3 atom stereocenters. The minimum absolute atomic E-state index is 0.0723. The molecular weight excluding hydrogens is 314 g/mol. The number of nitrogens with zero attached hydrogens (tertiary/aromatic N) is 2. The summed E-state index contributed by atoms with van der Waals surface area (Å²) in [6, 6.07) is 0.0723. The van der Waals surface area contributed by atoms with Crippen LogP contribution >= 0.6 is 0 Å². The Morgan fingerprint density at radius 3 is 2.52 bits per heavy atom. The molecule has 1 aliphatic carbocycles. The summed E-state index contributed by atoms with van der Waals surface area (Å²) in [5, 5.41) is 3.03. The van der Waals surface area contributed by atoms with E-state index in [4.69, 9.17) is 0 Å². The number of hydrogen-bond acceptors (Lipinski definition) is 2. The number of carbonyl (C=O) groups excluding carboxylic acids is 2. The molecule has 0 aromatic heterocycles. The first-order valence-corrected chi connectivity index (χ1v) is 10.4. The molecule has 0 spiro atoms. The van der Waals surface area contributed by atoms with Crippen LogP contribution in [0.25, 0.3) is 0 Å². The lowest BCUT2D eigenvalue weighted by molar-refractivity contribution is -0.132. The van der Waals surface area contributed by atoms with Gasteiger partial charge in [-0.15, -0.1) is 0 Å². The molecule has 5 nitrogen and oxygen atoms in total. The lowest BCUT2D eigenvalue weighted by Gasteiger charge is -2.41. The summed E-state index contributed by atoms with van der Waals surface area (Å²) in [7, 11) is 0. The minimum atomic E-state index is 0.0723. The maximum Gasteiger partial charge on any atom is 0.317 e. The van der Waals surface area contributed by atoms with Gasteiger partial charge in [0.05, 0.1) is 0 Å². The first-order valence-electron chi connectivity index (χ1n) is 10.4. The van der Waals surface area contributed by atoms with Crippen molar-refractivity contribution in [1.29, 1.82) is 0 Å². The highest BCUT2D eigenvalue weighted by Crippen LogP contribution is 2.35. The van der Waals surface area contributed by atoms with Crippen LogP contribution in [0.5, 0.6) is 0 Å². The van der Waals surface area contributed by atoms with E-state index in [0.717, 1.165) is 50.9 Å². The van der Waals surface area contributed by atoms with E-state index in [-0.39, 0.29) is 11.9 Å². The van der Waals surface area contributed by atoms with Crippen LogP contribution in [0.1, 0.15) is 64.7 Å². The number of amides is 3. The van der Waals surface area contributed by atoms with Crippen molar-refractivity contribution in [1.82, 2.24) is 15.1 Å². The average molecular weight is 350 g/mol. The van der Waals surface area contributed by atoms with Crippen LogP contribution in [-0.4, -0.2) is 54.5 Å². The molecule has 3 unspecified atom stereocenters. The van der Waals surface area contributed by atoms with Crippen LogP contribution in [-0.2, 0) is 4.79 Å². The van der Waals surface area contributed by atoms with Crippen molar-refractivity contribution in [3.63, 3.8) is 0 Å². The smallest absolute Gasteiger partial charge is 0.317 e. The van der Waals surface area contributed by atoms with Gasteiger partial charge in [-0.3, -0.25) is 4.79 Å². The van der Waals surface area contributed by atoms with Gasteiger partial charge in [-0.1, -0.05) is 26.2 Å². The summed E-state index contributed by atoms with van der Waals surface area (Å²) in [6.45, 7) is 6.47. The van der Waals surface area contributed by atoms with E-state index in [1.807, 2.05) is 9.80 Å². The van der Waals surface area contributed by atoms with Gasteiger partial charge in [0, 0.05) is 39.1 Å². The van der Waals surface area contributed by atoms with Gasteiger partial charge < -0.3 is 15.1 Å². The van der Waals surface area contributed by atoms with Crippen LogP contribution in [0.3, 0.4) is 0 Å². The largest absolute Gasteiger partial charge is 0.342 e. The van der Waals surface area contributed by atoms with Gasteiger partial charge in [0.1, 0.15) is 0 Å². The van der Waals surface area contributed by atoms with Gasteiger partial charge in [-0.25, -0.2) is 4.79 Å². The lowest BCUT2D eigenvalue weighted by Crippen LogP contribution is -2.49. The highest BCUT2D eigenvalue weighted by atomic mass is 16.2. The topological polar surface area (TPSA) is 52.7 Å². The molecule has 0 aromatic carbocycles. The second-order valence-corrected chi connectivity index (χ2v) is 8.46. The Bertz CT molecular complexity index is 468.